The fraction of sp³-hybridized carbons (Fsp3) is 0.111. The molecule has 1 aromatic heterocycles. The van der Waals surface area contributed by atoms with E-state index in [1.165, 1.54) is 12.1 Å². The molecule has 0 spiro atoms. The van der Waals surface area contributed by atoms with Gasteiger partial charge < -0.3 is 9.73 Å². The van der Waals surface area contributed by atoms with Crippen LogP contribution in [-0.4, -0.2) is 5.91 Å². The van der Waals surface area contributed by atoms with E-state index in [-0.39, 0.29) is 17.0 Å². The van der Waals surface area contributed by atoms with Crippen LogP contribution < -0.4 is 10.7 Å². The van der Waals surface area contributed by atoms with Crippen LogP contribution in [-0.2, 0) is 6.18 Å². The summed E-state index contributed by atoms with van der Waals surface area (Å²) in [6.45, 7) is 1.80. The van der Waals surface area contributed by atoms with Gasteiger partial charge in [-0.05, 0) is 42.8 Å². The Morgan fingerprint density at radius 2 is 1.84 bits per heavy atom. The maximum absolute atomic E-state index is 12.7. The highest BCUT2D eigenvalue weighted by Crippen LogP contribution is 2.30. The lowest BCUT2D eigenvalue weighted by molar-refractivity contribution is -0.137. The summed E-state index contributed by atoms with van der Waals surface area (Å²) < 4.78 is 43.6. The molecule has 128 valence electrons. The summed E-state index contributed by atoms with van der Waals surface area (Å²) in [5, 5.41) is 2.63. The van der Waals surface area contributed by atoms with Crippen molar-refractivity contribution >= 4 is 22.6 Å². The third-order valence-corrected chi connectivity index (χ3v) is 3.56. The highest BCUT2D eigenvalue weighted by molar-refractivity contribution is 6.03. The van der Waals surface area contributed by atoms with Crippen molar-refractivity contribution in [2.75, 3.05) is 5.32 Å². The van der Waals surface area contributed by atoms with E-state index in [0.29, 0.717) is 5.39 Å². The summed E-state index contributed by atoms with van der Waals surface area (Å²) in [5.41, 5.74) is -0.268. The minimum absolute atomic E-state index is 0.0492. The van der Waals surface area contributed by atoms with E-state index in [0.717, 1.165) is 23.8 Å². The van der Waals surface area contributed by atoms with E-state index in [2.05, 4.69) is 5.32 Å². The summed E-state index contributed by atoms with van der Waals surface area (Å²) in [7, 11) is 0. The number of alkyl halides is 3. The number of carbonyl (C=O) groups excluding carboxylic acids is 1. The van der Waals surface area contributed by atoms with Crippen LogP contribution in [0, 0.1) is 6.92 Å². The van der Waals surface area contributed by atoms with Crippen molar-refractivity contribution in [3.05, 3.63) is 75.6 Å². The molecule has 0 radical (unpaired) electrons. The molecule has 0 bridgehead atoms. The molecule has 0 aliphatic heterocycles. The number of hydrogen-bond donors (Lipinski definition) is 1. The van der Waals surface area contributed by atoms with Crippen LogP contribution in [0.3, 0.4) is 0 Å². The molecule has 1 N–H and O–H groups in total. The summed E-state index contributed by atoms with van der Waals surface area (Å²) in [5.74, 6) is -1.08. The zero-order chi connectivity index (χ0) is 18.2. The predicted octanol–water partition coefficient (Wildman–Crippen LogP) is 4.37. The van der Waals surface area contributed by atoms with E-state index in [1.807, 2.05) is 0 Å². The molecule has 0 atom stereocenters. The zero-order valence-electron chi connectivity index (χ0n) is 13.0. The zero-order valence-corrected chi connectivity index (χ0v) is 13.0. The maximum atomic E-state index is 12.7. The fourth-order valence-electron chi connectivity index (χ4n) is 2.34. The van der Waals surface area contributed by atoms with Gasteiger partial charge in [0.25, 0.3) is 5.91 Å². The first kappa shape index (κ1) is 16.8. The second kappa shape index (κ2) is 6.08. The second-order valence-corrected chi connectivity index (χ2v) is 5.51. The molecule has 3 rings (SSSR count). The third kappa shape index (κ3) is 3.55. The fourth-order valence-corrected chi connectivity index (χ4v) is 2.34. The Morgan fingerprint density at radius 1 is 1.08 bits per heavy atom. The first-order valence-corrected chi connectivity index (χ1v) is 7.27. The van der Waals surface area contributed by atoms with Crippen LogP contribution in [0.5, 0.6) is 0 Å². The molecular formula is C18H12F3NO3. The molecule has 1 heterocycles. The van der Waals surface area contributed by atoms with Gasteiger partial charge in [-0.2, -0.15) is 13.2 Å². The molecule has 3 aromatic rings. The quantitative estimate of drug-likeness (QED) is 0.749. The molecular weight excluding hydrogens is 335 g/mol. The van der Waals surface area contributed by atoms with Crippen LogP contribution in [0.2, 0.25) is 0 Å². The van der Waals surface area contributed by atoms with Crippen molar-refractivity contribution in [2.45, 2.75) is 13.1 Å². The molecule has 0 fully saturated rings. The topological polar surface area (TPSA) is 59.3 Å². The first-order valence-electron chi connectivity index (χ1n) is 7.27. The van der Waals surface area contributed by atoms with Crippen molar-refractivity contribution in [3.63, 3.8) is 0 Å². The molecule has 0 aliphatic rings. The number of rotatable bonds is 2. The molecule has 7 heteroatoms. The molecule has 2 aromatic carbocycles. The number of anilines is 1. The molecule has 0 aliphatic carbocycles. The number of hydrogen-bond acceptors (Lipinski definition) is 3. The van der Waals surface area contributed by atoms with Crippen LogP contribution >= 0.6 is 0 Å². The Hall–Kier alpha value is -3.09. The van der Waals surface area contributed by atoms with Gasteiger partial charge in [-0.15, -0.1) is 0 Å². The summed E-state index contributed by atoms with van der Waals surface area (Å²) in [6.07, 6.45) is -4.52. The Balaban J connectivity index is 1.94. The van der Waals surface area contributed by atoms with Gasteiger partial charge in [0.2, 0.25) is 0 Å². The lowest BCUT2D eigenvalue weighted by atomic mass is 10.1. The summed E-state index contributed by atoms with van der Waals surface area (Å²) in [4.78, 5) is 24.3. The summed E-state index contributed by atoms with van der Waals surface area (Å²) in [6, 6.07) is 10.1. The third-order valence-electron chi connectivity index (χ3n) is 3.56. The molecule has 4 nitrogen and oxygen atoms in total. The van der Waals surface area contributed by atoms with Crippen LogP contribution in [0.4, 0.5) is 18.9 Å². The number of amides is 1. The van der Waals surface area contributed by atoms with Gasteiger partial charge in [-0.25, -0.2) is 0 Å². The minimum Gasteiger partial charge on any atom is -0.451 e. The van der Waals surface area contributed by atoms with Gasteiger partial charge >= 0.3 is 6.18 Å². The predicted molar refractivity (Wildman–Crippen MR) is 86.6 cm³/mol. The first-order chi connectivity index (χ1) is 11.7. The standard InChI is InChI=1S/C18H12F3NO3/c1-10-5-6-13-14(23)9-16(25-15(13)7-10)17(24)22-12-4-2-3-11(8-12)18(19,20)21/h2-9H,1H3,(H,22,24). The van der Waals surface area contributed by atoms with E-state index in [4.69, 9.17) is 4.42 Å². The highest BCUT2D eigenvalue weighted by atomic mass is 19.4. The number of halogens is 3. The average Bonchev–Trinajstić information content (AvgIpc) is 2.53. The van der Waals surface area contributed by atoms with Gasteiger partial charge in [-0.1, -0.05) is 12.1 Å². The van der Waals surface area contributed by atoms with Gasteiger partial charge in [0.1, 0.15) is 5.58 Å². The van der Waals surface area contributed by atoms with Crippen LogP contribution in [0.25, 0.3) is 11.0 Å². The lowest BCUT2D eigenvalue weighted by Crippen LogP contribution is -2.15. The number of aryl methyl sites for hydroxylation is 1. The number of benzene rings is 2. The van der Waals surface area contributed by atoms with E-state index in [1.54, 1.807) is 25.1 Å². The van der Waals surface area contributed by atoms with Crippen molar-refractivity contribution < 1.29 is 22.4 Å². The largest absolute Gasteiger partial charge is 0.451 e. The molecule has 0 saturated carbocycles. The highest BCUT2D eigenvalue weighted by Gasteiger charge is 2.30. The van der Waals surface area contributed by atoms with E-state index < -0.39 is 23.1 Å². The van der Waals surface area contributed by atoms with Gasteiger partial charge in [0.05, 0.1) is 10.9 Å². The van der Waals surface area contributed by atoms with Crippen molar-refractivity contribution in [2.24, 2.45) is 0 Å². The average molecular weight is 347 g/mol. The Bertz CT molecular complexity index is 1020. The van der Waals surface area contributed by atoms with Gasteiger partial charge in [-0.3, -0.25) is 9.59 Å². The number of nitrogens with one attached hydrogen (secondary N) is 1. The number of fused-ring (bicyclic) bond motifs is 1. The maximum Gasteiger partial charge on any atom is 0.416 e. The second-order valence-electron chi connectivity index (χ2n) is 5.51. The minimum atomic E-state index is -4.52. The van der Waals surface area contributed by atoms with Crippen molar-refractivity contribution in [1.29, 1.82) is 0 Å². The Labute approximate surface area is 139 Å². The monoisotopic (exact) mass is 347 g/mol. The van der Waals surface area contributed by atoms with Crippen molar-refractivity contribution in [3.8, 4) is 0 Å². The molecule has 1 amide bonds. The lowest BCUT2D eigenvalue weighted by Gasteiger charge is -2.10. The summed E-state index contributed by atoms with van der Waals surface area (Å²) >= 11 is 0. The molecule has 0 saturated heterocycles. The normalized spacial score (nSPS) is 11.5. The van der Waals surface area contributed by atoms with E-state index >= 15 is 0 Å². The SMILES string of the molecule is Cc1ccc2c(=O)cc(C(=O)Nc3cccc(C(F)(F)F)c3)oc2c1. The van der Waals surface area contributed by atoms with Gasteiger partial charge in [0.15, 0.2) is 11.2 Å². The molecule has 25 heavy (non-hydrogen) atoms. The number of carbonyl (C=O) groups is 1. The van der Waals surface area contributed by atoms with Gasteiger partial charge in [0, 0.05) is 11.8 Å². The smallest absolute Gasteiger partial charge is 0.416 e. The molecule has 0 unspecified atom stereocenters. The van der Waals surface area contributed by atoms with Crippen LogP contribution in [0.15, 0.2) is 57.7 Å². The van der Waals surface area contributed by atoms with E-state index in [9.17, 15) is 22.8 Å². The Morgan fingerprint density at radius 3 is 2.56 bits per heavy atom. The van der Waals surface area contributed by atoms with Crippen molar-refractivity contribution in [1.82, 2.24) is 0 Å². The van der Waals surface area contributed by atoms with Crippen LogP contribution in [0.1, 0.15) is 21.7 Å². The Kier molecular flexibility index (Phi) is 4.08.